The van der Waals surface area contributed by atoms with Crippen molar-refractivity contribution in [2.24, 2.45) is 0 Å². The van der Waals surface area contributed by atoms with Crippen molar-refractivity contribution in [3.05, 3.63) is 81.6 Å². The van der Waals surface area contributed by atoms with Gasteiger partial charge in [-0.2, -0.15) is 18.3 Å². The Labute approximate surface area is 184 Å². The van der Waals surface area contributed by atoms with Crippen LogP contribution in [-0.2, 0) is 6.18 Å². The number of nitrogens with zero attached hydrogens (tertiary/aromatic N) is 3. The second kappa shape index (κ2) is 7.58. The number of hydrogen-bond acceptors (Lipinski definition) is 5. The van der Waals surface area contributed by atoms with Gasteiger partial charge in [-0.1, -0.05) is 12.1 Å². The number of aromatic nitrogens is 3. The summed E-state index contributed by atoms with van der Waals surface area (Å²) in [6.45, 7) is 1.44. The highest BCUT2D eigenvalue weighted by Crippen LogP contribution is 2.40. The van der Waals surface area contributed by atoms with Crippen LogP contribution in [0.5, 0.6) is 0 Å². The van der Waals surface area contributed by atoms with Gasteiger partial charge in [-0.25, -0.2) is 9.67 Å². The van der Waals surface area contributed by atoms with Gasteiger partial charge in [0.05, 0.1) is 11.3 Å². The van der Waals surface area contributed by atoms with E-state index in [0.29, 0.717) is 28.6 Å². The number of rotatable bonds is 4. The van der Waals surface area contributed by atoms with E-state index in [1.807, 2.05) is 0 Å². The summed E-state index contributed by atoms with van der Waals surface area (Å²) in [4.78, 5) is 29.7. The van der Waals surface area contributed by atoms with Crippen LogP contribution < -0.4 is 10.7 Å². The van der Waals surface area contributed by atoms with Gasteiger partial charge in [0, 0.05) is 23.4 Å². The molecule has 7 nitrogen and oxygen atoms in total. The molecule has 0 aliphatic heterocycles. The van der Waals surface area contributed by atoms with Crippen molar-refractivity contribution in [2.45, 2.75) is 31.9 Å². The minimum absolute atomic E-state index is 0.157. The average Bonchev–Trinajstić information content (AvgIpc) is 3.52. The zero-order chi connectivity index (χ0) is 23.3. The molecule has 2 aromatic carbocycles. The number of benzene rings is 2. The van der Waals surface area contributed by atoms with Gasteiger partial charge in [-0.15, -0.1) is 0 Å². The predicted molar refractivity (Wildman–Crippen MR) is 114 cm³/mol. The number of carbonyl (C=O) groups is 1. The number of fused-ring (bicyclic) bond motifs is 1. The maximum atomic E-state index is 13.5. The van der Waals surface area contributed by atoms with Crippen molar-refractivity contribution in [2.75, 3.05) is 5.32 Å². The summed E-state index contributed by atoms with van der Waals surface area (Å²) in [5, 5.41) is 6.54. The quantitative estimate of drug-likeness (QED) is 0.477. The number of para-hydroxylation sites is 1. The lowest BCUT2D eigenvalue weighted by molar-refractivity contribution is -0.137. The Morgan fingerprint density at radius 2 is 1.91 bits per heavy atom. The Kier molecular flexibility index (Phi) is 4.80. The number of halogens is 3. The lowest BCUT2D eigenvalue weighted by atomic mass is 10.1. The van der Waals surface area contributed by atoms with Crippen LogP contribution in [0.1, 0.15) is 46.4 Å². The van der Waals surface area contributed by atoms with Crippen LogP contribution in [0.15, 0.2) is 57.7 Å². The first-order chi connectivity index (χ1) is 15.7. The van der Waals surface area contributed by atoms with Gasteiger partial charge in [0.25, 0.3) is 5.91 Å². The molecule has 4 aromatic rings. The molecule has 0 saturated heterocycles. The lowest BCUT2D eigenvalue weighted by Gasteiger charge is -2.16. The third kappa shape index (κ3) is 3.99. The molecule has 0 radical (unpaired) electrons. The molecule has 0 spiro atoms. The van der Waals surface area contributed by atoms with E-state index in [9.17, 15) is 22.8 Å². The van der Waals surface area contributed by atoms with E-state index in [4.69, 9.17) is 4.42 Å². The van der Waals surface area contributed by atoms with Crippen LogP contribution in [0.2, 0.25) is 0 Å². The molecule has 1 N–H and O–H groups in total. The lowest BCUT2D eigenvalue weighted by Crippen LogP contribution is -2.27. The summed E-state index contributed by atoms with van der Waals surface area (Å²) < 4.78 is 47.1. The average molecular weight is 454 g/mol. The summed E-state index contributed by atoms with van der Waals surface area (Å²) in [5.74, 6) is 0.133. The second-order valence-corrected chi connectivity index (χ2v) is 7.89. The molecule has 1 saturated carbocycles. The first-order valence-electron chi connectivity index (χ1n) is 10.2. The van der Waals surface area contributed by atoms with E-state index in [1.165, 1.54) is 25.1 Å². The Balaban J connectivity index is 1.49. The highest BCUT2D eigenvalue weighted by molar-refractivity contribution is 6.03. The predicted octanol–water partition coefficient (Wildman–Crippen LogP) is 4.83. The molecule has 168 valence electrons. The summed E-state index contributed by atoms with van der Waals surface area (Å²) in [6, 6.07) is 10.8. The van der Waals surface area contributed by atoms with E-state index in [2.05, 4.69) is 15.4 Å². The fourth-order valence-electron chi connectivity index (χ4n) is 3.56. The molecule has 33 heavy (non-hydrogen) atoms. The molecule has 1 amide bonds. The fourth-order valence-corrected chi connectivity index (χ4v) is 3.56. The van der Waals surface area contributed by atoms with Crippen molar-refractivity contribution in [1.82, 2.24) is 14.8 Å². The van der Waals surface area contributed by atoms with Crippen molar-refractivity contribution < 1.29 is 22.4 Å². The molecule has 2 aromatic heterocycles. The molecular weight excluding hydrogens is 437 g/mol. The largest absolute Gasteiger partial charge is 0.440 e. The number of nitrogens with one attached hydrogen (secondary N) is 1. The highest BCUT2D eigenvalue weighted by atomic mass is 19.4. The summed E-state index contributed by atoms with van der Waals surface area (Å²) in [5.41, 5.74) is -0.804. The number of anilines is 1. The van der Waals surface area contributed by atoms with E-state index in [-0.39, 0.29) is 11.4 Å². The van der Waals surface area contributed by atoms with Crippen LogP contribution in [0, 0.1) is 6.92 Å². The van der Waals surface area contributed by atoms with Gasteiger partial charge < -0.3 is 9.73 Å². The first kappa shape index (κ1) is 20.9. The Hall–Kier alpha value is -3.95. The molecule has 5 rings (SSSR count). The van der Waals surface area contributed by atoms with Gasteiger partial charge in [-0.3, -0.25) is 9.59 Å². The van der Waals surface area contributed by atoms with Crippen molar-refractivity contribution in [3.8, 4) is 5.69 Å². The van der Waals surface area contributed by atoms with Crippen LogP contribution >= 0.6 is 0 Å². The Morgan fingerprint density at radius 1 is 1.15 bits per heavy atom. The van der Waals surface area contributed by atoms with Gasteiger partial charge in [0.2, 0.25) is 5.43 Å². The summed E-state index contributed by atoms with van der Waals surface area (Å²) in [7, 11) is 0. The number of hydrogen-bond donors (Lipinski definition) is 1. The number of alkyl halides is 3. The normalized spacial score (nSPS) is 13.9. The summed E-state index contributed by atoms with van der Waals surface area (Å²) >= 11 is 0. The molecule has 0 atom stereocenters. The Bertz CT molecular complexity index is 1450. The number of aryl methyl sites for hydroxylation is 1. The minimum atomic E-state index is -4.64. The number of oxazole rings is 1. The molecule has 10 heteroatoms. The van der Waals surface area contributed by atoms with Crippen LogP contribution in [0.3, 0.4) is 0 Å². The fraction of sp³-hybridized carbons (Fsp3) is 0.217. The van der Waals surface area contributed by atoms with Crippen molar-refractivity contribution in [1.29, 1.82) is 0 Å². The standard InChI is InChI=1S/C23H17F3N4O3/c1-12-10-18(31)20(29-30(12)17-5-3-2-4-15(17)23(24,25)26)21(32)27-14-8-9-19-16(11-14)28-22(33-19)13-6-7-13/h2-5,8-11,13H,6-7H2,1H3,(H,27,32). The number of amides is 1. The van der Waals surface area contributed by atoms with E-state index in [0.717, 1.165) is 29.7 Å². The second-order valence-electron chi connectivity index (χ2n) is 7.89. The molecule has 1 fully saturated rings. The Morgan fingerprint density at radius 3 is 2.64 bits per heavy atom. The van der Waals surface area contributed by atoms with Crippen LogP contribution in [0.25, 0.3) is 16.8 Å². The molecule has 1 aliphatic rings. The van der Waals surface area contributed by atoms with Gasteiger partial charge >= 0.3 is 6.18 Å². The zero-order valence-corrected chi connectivity index (χ0v) is 17.3. The highest BCUT2D eigenvalue weighted by Gasteiger charge is 2.34. The maximum absolute atomic E-state index is 13.5. The monoisotopic (exact) mass is 454 g/mol. The number of carbonyl (C=O) groups excluding carboxylic acids is 1. The third-order valence-corrected chi connectivity index (χ3v) is 5.35. The van der Waals surface area contributed by atoms with E-state index in [1.54, 1.807) is 18.2 Å². The minimum Gasteiger partial charge on any atom is -0.440 e. The zero-order valence-electron chi connectivity index (χ0n) is 17.3. The molecule has 2 heterocycles. The topological polar surface area (TPSA) is 90.0 Å². The summed E-state index contributed by atoms with van der Waals surface area (Å²) in [6.07, 6.45) is -2.58. The van der Waals surface area contributed by atoms with Gasteiger partial charge in [-0.05, 0) is 50.1 Å². The smallest absolute Gasteiger partial charge is 0.418 e. The maximum Gasteiger partial charge on any atom is 0.418 e. The molecular formula is C23H17F3N4O3. The van der Waals surface area contributed by atoms with Crippen molar-refractivity contribution >= 4 is 22.7 Å². The third-order valence-electron chi connectivity index (χ3n) is 5.35. The SMILES string of the molecule is Cc1cc(=O)c(C(=O)Nc2ccc3oc(C4CC4)nc3c2)nn1-c1ccccc1C(F)(F)F. The molecule has 0 unspecified atom stereocenters. The van der Waals surface area contributed by atoms with Crippen LogP contribution in [0.4, 0.5) is 18.9 Å². The first-order valence-corrected chi connectivity index (χ1v) is 10.2. The van der Waals surface area contributed by atoms with E-state index < -0.39 is 28.8 Å². The molecule has 1 aliphatic carbocycles. The van der Waals surface area contributed by atoms with Gasteiger partial charge in [0.15, 0.2) is 17.2 Å². The van der Waals surface area contributed by atoms with Gasteiger partial charge in [0.1, 0.15) is 5.52 Å². The van der Waals surface area contributed by atoms with Crippen LogP contribution in [-0.4, -0.2) is 20.7 Å². The van der Waals surface area contributed by atoms with E-state index >= 15 is 0 Å². The van der Waals surface area contributed by atoms with Crippen molar-refractivity contribution in [3.63, 3.8) is 0 Å². The molecule has 0 bridgehead atoms.